The zero-order valence-corrected chi connectivity index (χ0v) is 22.1. The fraction of sp³-hybridized carbons (Fsp3) is 0.310. The van der Waals surface area contributed by atoms with Crippen LogP contribution in [0, 0.1) is 0 Å². The van der Waals surface area contributed by atoms with Crippen molar-refractivity contribution in [2.24, 2.45) is 0 Å². The summed E-state index contributed by atoms with van der Waals surface area (Å²) >= 11 is 5.96. The Morgan fingerprint density at radius 3 is 2.14 bits per heavy atom. The summed E-state index contributed by atoms with van der Waals surface area (Å²) < 4.78 is 17.2. The van der Waals surface area contributed by atoms with Crippen LogP contribution in [0.25, 0.3) is 0 Å². The van der Waals surface area contributed by atoms with E-state index >= 15 is 0 Å². The summed E-state index contributed by atoms with van der Waals surface area (Å²) in [5, 5.41) is 3.57. The molecule has 0 atom stereocenters. The molecule has 7 nitrogen and oxygen atoms in total. The Labute approximate surface area is 222 Å². The second-order valence-corrected chi connectivity index (χ2v) is 8.90. The third-order valence-corrected chi connectivity index (χ3v) is 6.25. The summed E-state index contributed by atoms with van der Waals surface area (Å²) in [4.78, 5) is 27.8. The number of hydrogen-bond donors (Lipinski definition) is 1. The first-order valence-electron chi connectivity index (χ1n) is 12.5. The van der Waals surface area contributed by atoms with Crippen molar-refractivity contribution in [3.8, 4) is 17.2 Å². The SMILES string of the molecule is CCOc1cc(C(=O)NCc2ccc3c(c2)CCN3C(=O)c2ccc(Cl)cc2)cc(OCC)c1OCC. The lowest BCUT2D eigenvalue weighted by Crippen LogP contribution is -2.28. The standard InChI is InChI=1S/C29H31ClN2O5/c1-4-35-25-16-22(17-26(36-5-2)27(25)37-6-3)28(33)31-18-19-7-12-24-21(15-19)13-14-32(24)29(34)20-8-10-23(30)11-9-20/h7-12,15-17H,4-6,13-14,18H2,1-3H3,(H,31,33). The molecule has 1 heterocycles. The highest BCUT2D eigenvalue weighted by molar-refractivity contribution is 6.30. The Bertz CT molecular complexity index is 1250. The van der Waals surface area contributed by atoms with Crippen LogP contribution in [-0.2, 0) is 13.0 Å². The summed E-state index contributed by atoms with van der Waals surface area (Å²) in [6.45, 7) is 7.91. The van der Waals surface area contributed by atoms with E-state index < -0.39 is 0 Å². The number of ether oxygens (including phenoxy) is 3. The summed E-state index contributed by atoms with van der Waals surface area (Å²) in [5.74, 6) is 1.15. The van der Waals surface area contributed by atoms with E-state index in [0.29, 0.717) is 66.3 Å². The molecule has 0 radical (unpaired) electrons. The second kappa shape index (κ2) is 12.0. The lowest BCUT2D eigenvalue weighted by Gasteiger charge is -2.18. The molecule has 3 aromatic rings. The van der Waals surface area contributed by atoms with Gasteiger partial charge in [-0.3, -0.25) is 9.59 Å². The Morgan fingerprint density at radius 2 is 1.51 bits per heavy atom. The maximum absolute atomic E-state index is 13.0. The fourth-order valence-electron chi connectivity index (χ4n) is 4.33. The van der Waals surface area contributed by atoms with E-state index in [9.17, 15) is 9.59 Å². The van der Waals surface area contributed by atoms with Crippen LogP contribution in [-0.4, -0.2) is 38.2 Å². The molecule has 1 aliphatic rings. The normalized spacial score (nSPS) is 12.2. The summed E-state index contributed by atoms with van der Waals surface area (Å²) in [7, 11) is 0. The van der Waals surface area contributed by atoms with Crippen molar-refractivity contribution < 1.29 is 23.8 Å². The van der Waals surface area contributed by atoms with Crippen molar-refractivity contribution in [2.75, 3.05) is 31.3 Å². The molecular formula is C29H31ClN2O5. The Morgan fingerprint density at radius 1 is 0.865 bits per heavy atom. The van der Waals surface area contributed by atoms with E-state index in [1.54, 1.807) is 41.3 Å². The maximum atomic E-state index is 13.0. The molecule has 4 rings (SSSR count). The van der Waals surface area contributed by atoms with Gasteiger partial charge in [0.25, 0.3) is 11.8 Å². The van der Waals surface area contributed by atoms with Gasteiger partial charge in [0, 0.05) is 34.9 Å². The van der Waals surface area contributed by atoms with E-state index in [1.165, 1.54) is 0 Å². The Kier molecular flexibility index (Phi) is 8.56. The molecule has 0 saturated heterocycles. The third kappa shape index (κ3) is 6.00. The summed E-state index contributed by atoms with van der Waals surface area (Å²) in [6.07, 6.45) is 0.755. The number of amides is 2. The molecule has 3 aromatic carbocycles. The maximum Gasteiger partial charge on any atom is 0.258 e. The van der Waals surface area contributed by atoms with Gasteiger partial charge in [-0.05, 0) is 80.8 Å². The quantitative estimate of drug-likeness (QED) is 0.371. The fourth-order valence-corrected chi connectivity index (χ4v) is 4.45. The molecule has 0 fully saturated rings. The van der Waals surface area contributed by atoms with E-state index in [-0.39, 0.29) is 11.8 Å². The molecule has 0 aliphatic carbocycles. The monoisotopic (exact) mass is 522 g/mol. The molecule has 2 amide bonds. The van der Waals surface area contributed by atoms with Crippen molar-refractivity contribution in [2.45, 2.75) is 33.7 Å². The lowest BCUT2D eigenvalue weighted by atomic mass is 10.1. The van der Waals surface area contributed by atoms with Crippen LogP contribution in [0.15, 0.2) is 54.6 Å². The molecule has 0 aromatic heterocycles. The molecule has 0 bridgehead atoms. The summed E-state index contributed by atoms with van der Waals surface area (Å²) in [6, 6.07) is 16.2. The number of rotatable bonds is 10. The van der Waals surface area contributed by atoms with Crippen molar-refractivity contribution in [1.29, 1.82) is 0 Å². The van der Waals surface area contributed by atoms with Gasteiger partial charge in [-0.25, -0.2) is 0 Å². The van der Waals surface area contributed by atoms with Gasteiger partial charge in [-0.2, -0.15) is 0 Å². The highest BCUT2D eigenvalue weighted by Gasteiger charge is 2.26. The number of carbonyl (C=O) groups is 2. The summed E-state index contributed by atoms with van der Waals surface area (Å²) in [5.41, 5.74) is 3.95. The van der Waals surface area contributed by atoms with E-state index in [1.807, 2.05) is 39.0 Å². The number of nitrogens with one attached hydrogen (secondary N) is 1. The van der Waals surface area contributed by atoms with Crippen molar-refractivity contribution in [1.82, 2.24) is 5.32 Å². The van der Waals surface area contributed by atoms with E-state index in [4.69, 9.17) is 25.8 Å². The number of nitrogens with zero attached hydrogens (tertiary/aromatic N) is 1. The van der Waals surface area contributed by atoms with Crippen LogP contribution in [0.4, 0.5) is 5.69 Å². The van der Waals surface area contributed by atoms with Crippen LogP contribution in [0.5, 0.6) is 17.2 Å². The average molecular weight is 523 g/mol. The second-order valence-electron chi connectivity index (χ2n) is 8.46. The average Bonchev–Trinajstić information content (AvgIpc) is 3.32. The third-order valence-electron chi connectivity index (χ3n) is 6.00. The van der Waals surface area contributed by atoms with Crippen LogP contribution in [0.1, 0.15) is 52.6 Å². The predicted molar refractivity (Wildman–Crippen MR) is 144 cm³/mol. The van der Waals surface area contributed by atoms with Gasteiger partial charge in [0.15, 0.2) is 11.5 Å². The molecule has 37 heavy (non-hydrogen) atoms. The highest BCUT2D eigenvalue weighted by Crippen LogP contribution is 2.39. The van der Waals surface area contributed by atoms with Crippen LogP contribution >= 0.6 is 11.6 Å². The number of anilines is 1. The topological polar surface area (TPSA) is 77.1 Å². The molecule has 0 unspecified atom stereocenters. The van der Waals surface area contributed by atoms with Crippen LogP contribution in [0.2, 0.25) is 5.02 Å². The van der Waals surface area contributed by atoms with Gasteiger partial charge in [-0.15, -0.1) is 0 Å². The van der Waals surface area contributed by atoms with E-state index in [2.05, 4.69) is 5.32 Å². The van der Waals surface area contributed by atoms with E-state index in [0.717, 1.165) is 23.2 Å². The number of benzene rings is 3. The van der Waals surface area contributed by atoms with Gasteiger partial charge in [-0.1, -0.05) is 23.7 Å². The molecule has 194 valence electrons. The van der Waals surface area contributed by atoms with Gasteiger partial charge < -0.3 is 24.4 Å². The first-order valence-corrected chi connectivity index (χ1v) is 12.9. The first kappa shape index (κ1) is 26.4. The number of halogens is 1. The zero-order chi connectivity index (χ0) is 26.4. The molecular weight excluding hydrogens is 492 g/mol. The lowest BCUT2D eigenvalue weighted by molar-refractivity contribution is 0.0948. The predicted octanol–water partition coefficient (Wildman–Crippen LogP) is 5.67. The zero-order valence-electron chi connectivity index (χ0n) is 21.3. The Hall–Kier alpha value is -3.71. The number of hydrogen-bond acceptors (Lipinski definition) is 5. The molecule has 1 N–H and O–H groups in total. The minimum atomic E-state index is -0.245. The highest BCUT2D eigenvalue weighted by atomic mass is 35.5. The number of carbonyl (C=O) groups excluding carboxylic acids is 2. The molecule has 0 spiro atoms. The smallest absolute Gasteiger partial charge is 0.258 e. The van der Waals surface area contributed by atoms with Gasteiger partial charge in [0.1, 0.15) is 0 Å². The van der Waals surface area contributed by atoms with Crippen molar-refractivity contribution in [3.05, 3.63) is 81.9 Å². The van der Waals surface area contributed by atoms with Crippen LogP contribution < -0.4 is 24.4 Å². The largest absolute Gasteiger partial charge is 0.490 e. The van der Waals surface area contributed by atoms with Gasteiger partial charge >= 0.3 is 0 Å². The van der Waals surface area contributed by atoms with Gasteiger partial charge in [0.2, 0.25) is 5.75 Å². The first-order chi connectivity index (χ1) is 17.9. The minimum absolute atomic E-state index is 0.0535. The number of fused-ring (bicyclic) bond motifs is 1. The van der Waals surface area contributed by atoms with Crippen molar-refractivity contribution in [3.63, 3.8) is 0 Å². The molecule has 8 heteroatoms. The van der Waals surface area contributed by atoms with Crippen LogP contribution in [0.3, 0.4) is 0 Å². The molecule has 0 saturated carbocycles. The minimum Gasteiger partial charge on any atom is -0.490 e. The van der Waals surface area contributed by atoms with Crippen molar-refractivity contribution >= 4 is 29.1 Å². The molecule has 1 aliphatic heterocycles. The Balaban J connectivity index is 1.47. The van der Waals surface area contributed by atoms with Gasteiger partial charge in [0.05, 0.1) is 19.8 Å².